The van der Waals surface area contributed by atoms with Gasteiger partial charge in [0, 0.05) is 13.0 Å². The van der Waals surface area contributed by atoms with Crippen LogP contribution >= 0.6 is 0 Å². The van der Waals surface area contributed by atoms with Crippen LogP contribution in [0, 0.1) is 11.7 Å². The van der Waals surface area contributed by atoms with Crippen LogP contribution in [0.25, 0.3) is 0 Å². The Balaban J connectivity index is 1.77. The average molecular weight is 363 g/mol. The van der Waals surface area contributed by atoms with Gasteiger partial charge in [0.05, 0.1) is 12.0 Å². The highest BCUT2D eigenvalue weighted by atomic mass is 32.2. The molecule has 3 rings (SSSR count). The third-order valence-electron chi connectivity index (χ3n) is 4.44. The minimum atomic E-state index is -3.95. The van der Waals surface area contributed by atoms with Crippen LogP contribution in [0.15, 0.2) is 53.4 Å². The number of rotatable bonds is 5. The second-order valence-corrected chi connectivity index (χ2v) is 7.93. The van der Waals surface area contributed by atoms with E-state index >= 15 is 0 Å². The molecular formula is C18H18FNO4S. The number of halogens is 1. The largest absolute Gasteiger partial charge is 0.497 e. The summed E-state index contributed by atoms with van der Waals surface area (Å²) < 4.78 is 44.8. The molecule has 1 aliphatic rings. The molecule has 0 aromatic heterocycles. The van der Waals surface area contributed by atoms with Crippen molar-refractivity contribution in [3.05, 3.63) is 59.9 Å². The van der Waals surface area contributed by atoms with Crippen LogP contribution in [-0.4, -0.2) is 32.8 Å². The second kappa shape index (κ2) is 6.48. The summed E-state index contributed by atoms with van der Waals surface area (Å²) in [6, 6.07) is 12.1. The zero-order valence-corrected chi connectivity index (χ0v) is 14.7. The zero-order chi connectivity index (χ0) is 18.2. The van der Waals surface area contributed by atoms with Crippen LogP contribution in [0.2, 0.25) is 0 Å². The highest BCUT2D eigenvalue weighted by Gasteiger charge is 2.48. The van der Waals surface area contributed by atoms with Crippen molar-refractivity contribution in [3.63, 3.8) is 0 Å². The summed E-state index contributed by atoms with van der Waals surface area (Å²) >= 11 is 0. The third kappa shape index (κ3) is 3.24. The third-order valence-corrected chi connectivity index (χ3v) is 6.21. The van der Waals surface area contributed by atoms with E-state index in [-0.39, 0.29) is 16.6 Å². The van der Waals surface area contributed by atoms with Crippen molar-refractivity contribution < 1.29 is 22.3 Å². The molecule has 0 N–H and O–H groups in total. The first-order valence-corrected chi connectivity index (χ1v) is 9.21. The molecule has 0 radical (unpaired) electrons. The summed E-state index contributed by atoms with van der Waals surface area (Å²) in [6.07, 6.45) is 0.447. The molecule has 0 spiro atoms. The van der Waals surface area contributed by atoms with Crippen LogP contribution in [0.3, 0.4) is 0 Å². The molecule has 1 amide bonds. The van der Waals surface area contributed by atoms with E-state index in [4.69, 9.17) is 4.74 Å². The Morgan fingerprint density at radius 2 is 1.80 bits per heavy atom. The quantitative estimate of drug-likeness (QED) is 0.819. The highest BCUT2D eigenvalue weighted by Crippen LogP contribution is 2.49. The van der Waals surface area contributed by atoms with Crippen molar-refractivity contribution in [2.75, 3.05) is 14.2 Å². The van der Waals surface area contributed by atoms with Gasteiger partial charge in [-0.2, -0.15) is 0 Å². The minimum absolute atomic E-state index is 0.00671. The van der Waals surface area contributed by atoms with Gasteiger partial charge in [0.1, 0.15) is 11.6 Å². The fourth-order valence-corrected chi connectivity index (χ4v) is 4.01. The monoisotopic (exact) mass is 363 g/mol. The molecule has 0 saturated heterocycles. The van der Waals surface area contributed by atoms with Crippen LogP contribution in [0.1, 0.15) is 17.9 Å². The molecule has 132 valence electrons. The molecule has 5 nitrogen and oxygen atoms in total. The van der Waals surface area contributed by atoms with Crippen molar-refractivity contribution in [3.8, 4) is 5.75 Å². The molecule has 2 aromatic carbocycles. The molecular weight excluding hydrogens is 345 g/mol. The topological polar surface area (TPSA) is 63.7 Å². The molecule has 0 heterocycles. The van der Waals surface area contributed by atoms with E-state index in [9.17, 15) is 17.6 Å². The Labute approximate surface area is 146 Å². The molecule has 2 unspecified atom stereocenters. The maximum Gasteiger partial charge on any atom is 0.266 e. The molecule has 1 saturated carbocycles. The summed E-state index contributed by atoms with van der Waals surface area (Å²) in [6.45, 7) is 0. The first kappa shape index (κ1) is 17.4. The predicted molar refractivity (Wildman–Crippen MR) is 90.2 cm³/mol. The lowest BCUT2D eigenvalue weighted by molar-refractivity contribution is -0.127. The summed E-state index contributed by atoms with van der Waals surface area (Å²) in [4.78, 5) is 12.5. The van der Waals surface area contributed by atoms with Gasteiger partial charge in [-0.05, 0) is 48.2 Å². The number of hydrogen-bond donors (Lipinski definition) is 0. The van der Waals surface area contributed by atoms with Gasteiger partial charge in [0.25, 0.3) is 10.0 Å². The normalized spacial score (nSPS) is 19.3. The van der Waals surface area contributed by atoms with Crippen molar-refractivity contribution in [2.45, 2.75) is 17.2 Å². The molecule has 2 atom stereocenters. The van der Waals surface area contributed by atoms with Gasteiger partial charge in [0.15, 0.2) is 0 Å². The van der Waals surface area contributed by atoms with Crippen LogP contribution < -0.4 is 4.74 Å². The fourth-order valence-electron chi connectivity index (χ4n) is 2.85. The average Bonchev–Trinajstić information content (AvgIpc) is 3.41. The first-order chi connectivity index (χ1) is 11.9. The molecule has 25 heavy (non-hydrogen) atoms. The Morgan fingerprint density at radius 3 is 2.40 bits per heavy atom. The minimum Gasteiger partial charge on any atom is -0.497 e. The van der Waals surface area contributed by atoms with Crippen LogP contribution in [0.4, 0.5) is 4.39 Å². The lowest BCUT2D eigenvalue weighted by Gasteiger charge is -2.18. The van der Waals surface area contributed by atoms with Gasteiger partial charge in [-0.25, -0.2) is 17.1 Å². The number of sulfonamides is 1. The second-order valence-electron chi connectivity index (χ2n) is 5.96. The standard InChI is InChI=1S/C18H18FNO4S/c1-20(25(22,23)13-9-7-12(24-2)8-10-13)18(21)16-11-15(16)14-5-3-4-6-17(14)19/h3-10,15-16H,11H2,1-2H3. The van der Waals surface area contributed by atoms with Crippen molar-refractivity contribution in [1.29, 1.82) is 0 Å². The zero-order valence-electron chi connectivity index (χ0n) is 13.8. The lowest BCUT2D eigenvalue weighted by atomic mass is 10.1. The van der Waals surface area contributed by atoms with Crippen molar-refractivity contribution in [1.82, 2.24) is 4.31 Å². The number of hydrogen-bond acceptors (Lipinski definition) is 4. The summed E-state index contributed by atoms with van der Waals surface area (Å²) in [5.41, 5.74) is 0.455. The van der Waals surface area contributed by atoms with Gasteiger partial charge >= 0.3 is 0 Å². The van der Waals surface area contributed by atoms with E-state index in [1.165, 1.54) is 44.5 Å². The molecule has 1 aliphatic carbocycles. The summed E-state index contributed by atoms with van der Waals surface area (Å²) in [5.74, 6) is -1.17. The van der Waals surface area contributed by atoms with Gasteiger partial charge in [-0.3, -0.25) is 4.79 Å². The molecule has 1 fully saturated rings. The van der Waals surface area contributed by atoms with Gasteiger partial charge in [0.2, 0.25) is 5.91 Å². The highest BCUT2D eigenvalue weighted by molar-refractivity contribution is 7.89. The van der Waals surface area contributed by atoms with Gasteiger partial charge < -0.3 is 4.74 Å². The number of methoxy groups -OCH3 is 1. The number of carbonyl (C=O) groups excluding carboxylic acids is 1. The Morgan fingerprint density at radius 1 is 1.16 bits per heavy atom. The Hall–Kier alpha value is -2.41. The Kier molecular flexibility index (Phi) is 4.51. The van der Waals surface area contributed by atoms with Crippen molar-refractivity contribution in [2.24, 2.45) is 5.92 Å². The Bertz CT molecular complexity index is 896. The van der Waals surface area contributed by atoms with E-state index in [1.54, 1.807) is 18.2 Å². The van der Waals surface area contributed by atoms with Crippen molar-refractivity contribution >= 4 is 15.9 Å². The number of carbonyl (C=O) groups is 1. The van der Waals surface area contributed by atoms with Crippen LogP contribution in [0.5, 0.6) is 5.75 Å². The number of amides is 1. The van der Waals surface area contributed by atoms with Crippen LogP contribution in [-0.2, 0) is 14.8 Å². The van der Waals surface area contributed by atoms with E-state index in [0.717, 1.165) is 4.31 Å². The molecule has 7 heteroatoms. The maximum absolute atomic E-state index is 13.8. The summed E-state index contributed by atoms with van der Waals surface area (Å²) in [5, 5.41) is 0. The predicted octanol–water partition coefficient (Wildman–Crippen LogP) is 2.79. The van der Waals surface area contributed by atoms with Gasteiger partial charge in [-0.1, -0.05) is 18.2 Å². The number of nitrogens with zero attached hydrogens (tertiary/aromatic N) is 1. The molecule has 0 aliphatic heterocycles. The van der Waals surface area contributed by atoms with E-state index in [2.05, 4.69) is 0 Å². The van der Waals surface area contributed by atoms with E-state index in [0.29, 0.717) is 17.7 Å². The lowest BCUT2D eigenvalue weighted by Crippen LogP contribution is -2.34. The SMILES string of the molecule is COc1ccc(S(=O)(=O)N(C)C(=O)C2CC2c2ccccc2F)cc1. The molecule has 2 aromatic rings. The molecule has 0 bridgehead atoms. The fraction of sp³-hybridized carbons (Fsp3) is 0.278. The smallest absolute Gasteiger partial charge is 0.266 e. The van der Waals surface area contributed by atoms with Gasteiger partial charge in [-0.15, -0.1) is 0 Å². The number of ether oxygens (including phenoxy) is 1. The van der Waals surface area contributed by atoms with E-state index in [1.807, 2.05) is 0 Å². The first-order valence-electron chi connectivity index (χ1n) is 7.77. The van der Waals surface area contributed by atoms with E-state index < -0.39 is 21.8 Å². The maximum atomic E-state index is 13.8. The number of benzene rings is 2. The summed E-state index contributed by atoms with van der Waals surface area (Å²) in [7, 11) is -1.23.